The smallest absolute Gasteiger partial charge is 0.345 e. The lowest BCUT2D eigenvalue weighted by atomic mass is 9.99. The van der Waals surface area contributed by atoms with Crippen LogP contribution in [0.3, 0.4) is 0 Å². The normalized spacial score (nSPS) is 21.1. The van der Waals surface area contributed by atoms with Crippen LogP contribution in [-0.4, -0.2) is 35.1 Å². The van der Waals surface area contributed by atoms with E-state index in [4.69, 9.17) is 9.57 Å². The van der Waals surface area contributed by atoms with Crippen molar-refractivity contribution in [1.29, 1.82) is 0 Å². The average Bonchev–Trinajstić information content (AvgIpc) is 3.15. The first-order valence-corrected chi connectivity index (χ1v) is 9.99. The second kappa shape index (κ2) is 7.02. The summed E-state index contributed by atoms with van der Waals surface area (Å²) in [5.74, 6) is -0.412. The number of hydrogen-bond acceptors (Lipinski definition) is 5. The van der Waals surface area contributed by atoms with Gasteiger partial charge in [-0.3, -0.25) is 4.84 Å². The summed E-state index contributed by atoms with van der Waals surface area (Å²) in [6.07, 6.45) is 0. The van der Waals surface area contributed by atoms with Crippen molar-refractivity contribution in [3.8, 4) is 0 Å². The Morgan fingerprint density at radius 3 is 2.85 bits per heavy atom. The number of thiophene rings is 1. The maximum absolute atomic E-state index is 12.9. The van der Waals surface area contributed by atoms with Crippen molar-refractivity contribution in [2.24, 2.45) is 0 Å². The molecule has 2 aliphatic heterocycles. The summed E-state index contributed by atoms with van der Waals surface area (Å²) >= 11 is 5.04. The van der Waals surface area contributed by atoms with E-state index in [1.807, 2.05) is 35.7 Å². The molecule has 6 nitrogen and oxygen atoms in total. The van der Waals surface area contributed by atoms with Crippen LogP contribution in [0.2, 0.25) is 0 Å². The molecule has 4 rings (SSSR count). The average molecular weight is 437 g/mol. The molecule has 1 saturated heterocycles. The molecule has 1 fully saturated rings. The zero-order valence-corrected chi connectivity index (χ0v) is 16.5. The number of hydrogen-bond donors (Lipinski definition) is 0. The lowest BCUT2D eigenvalue weighted by Crippen LogP contribution is -2.39. The quantitative estimate of drug-likeness (QED) is 0.663. The first-order valence-electron chi connectivity index (χ1n) is 8.32. The van der Waals surface area contributed by atoms with Crippen molar-refractivity contribution in [2.45, 2.75) is 25.6 Å². The standard InChI is InChI=1S/C18H17BrN2O4S/c1-2-24-17(22)15-14-12(19)10-26-16(14)13-8-20(15)18(23)21(13)25-9-11-6-4-3-5-7-11/h3-7,10,13,15H,2,8-9H2,1H3/t13-,15?/m1/s1. The fourth-order valence-electron chi connectivity index (χ4n) is 3.37. The fraction of sp³-hybridized carbons (Fsp3) is 0.333. The number of nitrogens with zero attached hydrogens (tertiary/aromatic N) is 2. The maximum Gasteiger partial charge on any atom is 0.345 e. The highest BCUT2D eigenvalue weighted by atomic mass is 79.9. The van der Waals surface area contributed by atoms with E-state index >= 15 is 0 Å². The minimum absolute atomic E-state index is 0.219. The SMILES string of the molecule is CCOC(=O)C1c2c(Br)csc2[C@H]2CN1C(=O)N2OCc1ccccc1. The van der Waals surface area contributed by atoms with Gasteiger partial charge in [0.25, 0.3) is 0 Å². The molecule has 1 aromatic heterocycles. The predicted octanol–water partition coefficient (Wildman–Crippen LogP) is 4.04. The Balaban J connectivity index is 1.64. The first kappa shape index (κ1) is 17.5. The maximum atomic E-state index is 12.9. The number of halogens is 1. The minimum Gasteiger partial charge on any atom is -0.464 e. The largest absolute Gasteiger partial charge is 0.464 e. The lowest BCUT2D eigenvalue weighted by Gasteiger charge is -2.29. The number of hydroxylamine groups is 2. The molecule has 0 spiro atoms. The number of carbonyl (C=O) groups is 2. The summed E-state index contributed by atoms with van der Waals surface area (Å²) in [5.41, 5.74) is 1.79. The third kappa shape index (κ3) is 2.82. The summed E-state index contributed by atoms with van der Waals surface area (Å²) in [6.45, 7) is 2.74. The van der Waals surface area contributed by atoms with Crippen molar-refractivity contribution in [3.63, 3.8) is 0 Å². The van der Waals surface area contributed by atoms with E-state index in [0.29, 0.717) is 13.2 Å². The van der Waals surface area contributed by atoms with Crippen LogP contribution >= 0.6 is 27.3 Å². The van der Waals surface area contributed by atoms with Crippen LogP contribution in [0, 0.1) is 0 Å². The molecule has 2 aromatic rings. The number of carbonyl (C=O) groups excluding carboxylic acids is 2. The van der Waals surface area contributed by atoms with Crippen LogP contribution in [0.25, 0.3) is 0 Å². The molecular formula is C18H17BrN2O4S. The molecule has 3 heterocycles. The van der Waals surface area contributed by atoms with Gasteiger partial charge in [0.2, 0.25) is 0 Å². The summed E-state index contributed by atoms with van der Waals surface area (Å²) in [6, 6.07) is 8.42. The number of fused-ring (bicyclic) bond motifs is 4. The van der Waals surface area contributed by atoms with Crippen molar-refractivity contribution in [1.82, 2.24) is 9.96 Å². The molecule has 1 aromatic carbocycles. The number of rotatable bonds is 5. The number of urea groups is 1. The number of ether oxygens (including phenoxy) is 1. The van der Waals surface area contributed by atoms with Gasteiger partial charge in [-0.05, 0) is 28.4 Å². The van der Waals surface area contributed by atoms with E-state index in [1.165, 1.54) is 21.3 Å². The zero-order valence-electron chi connectivity index (χ0n) is 14.1. The van der Waals surface area contributed by atoms with Crippen LogP contribution in [-0.2, 0) is 21.0 Å². The van der Waals surface area contributed by atoms with E-state index in [1.54, 1.807) is 6.92 Å². The molecule has 26 heavy (non-hydrogen) atoms. The number of benzene rings is 1. The van der Waals surface area contributed by atoms with Gasteiger partial charge in [0.1, 0.15) is 12.6 Å². The highest BCUT2D eigenvalue weighted by Gasteiger charge is 2.53. The number of amides is 2. The molecule has 1 unspecified atom stereocenters. The highest BCUT2D eigenvalue weighted by Crippen LogP contribution is 2.49. The second-order valence-corrected chi connectivity index (χ2v) is 7.82. The molecule has 0 N–H and O–H groups in total. The van der Waals surface area contributed by atoms with Gasteiger partial charge in [0, 0.05) is 20.3 Å². The Morgan fingerprint density at radius 2 is 2.12 bits per heavy atom. The van der Waals surface area contributed by atoms with Gasteiger partial charge in [-0.1, -0.05) is 30.3 Å². The van der Waals surface area contributed by atoms with E-state index in [0.717, 1.165) is 20.5 Å². The van der Waals surface area contributed by atoms with E-state index in [9.17, 15) is 9.59 Å². The van der Waals surface area contributed by atoms with Crippen LogP contribution in [0.5, 0.6) is 0 Å². The van der Waals surface area contributed by atoms with Crippen molar-refractivity contribution >= 4 is 39.3 Å². The summed E-state index contributed by atoms with van der Waals surface area (Å²) in [4.78, 5) is 33.8. The van der Waals surface area contributed by atoms with Crippen molar-refractivity contribution < 1.29 is 19.2 Å². The fourth-order valence-corrected chi connectivity index (χ4v) is 5.25. The lowest BCUT2D eigenvalue weighted by molar-refractivity contribution is -0.149. The molecule has 2 amide bonds. The predicted molar refractivity (Wildman–Crippen MR) is 99.3 cm³/mol. The zero-order chi connectivity index (χ0) is 18.3. The summed E-state index contributed by atoms with van der Waals surface area (Å²) in [5, 5.41) is 3.34. The van der Waals surface area contributed by atoms with Crippen LogP contribution < -0.4 is 0 Å². The van der Waals surface area contributed by atoms with Gasteiger partial charge >= 0.3 is 12.0 Å². The molecule has 2 bridgehead atoms. The van der Waals surface area contributed by atoms with E-state index < -0.39 is 12.0 Å². The van der Waals surface area contributed by atoms with Crippen LogP contribution in [0.15, 0.2) is 40.2 Å². The number of esters is 1. The molecule has 0 radical (unpaired) electrons. The van der Waals surface area contributed by atoms with Crippen LogP contribution in [0.4, 0.5) is 4.79 Å². The summed E-state index contributed by atoms with van der Waals surface area (Å²) < 4.78 is 6.04. The Bertz CT molecular complexity index is 841. The minimum atomic E-state index is -0.736. The van der Waals surface area contributed by atoms with Gasteiger partial charge in [0.15, 0.2) is 6.04 Å². The molecule has 136 valence electrons. The van der Waals surface area contributed by atoms with Gasteiger partial charge in [0.05, 0.1) is 13.2 Å². The molecular weight excluding hydrogens is 420 g/mol. The third-order valence-electron chi connectivity index (χ3n) is 4.51. The van der Waals surface area contributed by atoms with E-state index in [-0.39, 0.29) is 18.7 Å². The summed E-state index contributed by atoms with van der Waals surface area (Å²) in [7, 11) is 0. The van der Waals surface area contributed by atoms with Crippen molar-refractivity contribution in [3.05, 3.63) is 56.2 Å². The Kier molecular flexibility index (Phi) is 4.73. The molecule has 8 heteroatoms. The van der Waals surface area contributed by atoms with Gasteiger partial charge < -0.3 is 9.64 Å². The third-order valence-corrected chi connectivity index (χ3v) is 6.57. The van der Waals surface area contributed by atoms with Gasteiger partial charge in [-0.25, -0.2) is 9.59 Å². The topological polar surface area (TPSA) is 59.1 Å². The first-order chi connectivity index (χ1) is 12.6. The molecule has 2 aliphatic rings. The highest BCUT2D eigenvalue weighted by molar-refractivity contribution is 9.10. The molecule has 0 saturated carbocycles. The Hall–Kier alpha value is -1.90. The Morgan fingerprint density at radius 1 is 1.35 bits per heavy atom. The van der Waals surface area contributed by atoms with Gasteiger partial charge in [-0.15, -0.1) is 11.3 Å². The molecule has 0 aliphatic carbocycles. The van der Waals surface area contributed by atoms with Crippen LogP contribution in [0.1, 0.15) is 35.0 Å². The Labute approximate surface area is 163 Å². The van der Waals surface area contributed by atoms with Gasteiger partial charge in [-0.2, -0.15) is 5.06 Å². The second-order valence-electron chi connectivity index (χ2n) is 6.05. The van der Waals surface area contributed by atoms with E-state index in [2.05, 4.69) is 15.9 Å². The molecule has 2 atom stereocenters. The van der Waals surface area contributed by atoms with Crippen molar-refractivity contribution in [2.75, 3.05) is 13.2 Å². The monoisotopic (exact) mass is 436 g/mol.